The van der Waals surface area contributed by atoms with Gasteiger partial charge in [-0.25, -0.2) is 0 Å². The molecule has 0 aromatic heterocycles. The lowest BCUT2D eigenvalue weighted by molar-refractivity contribution is -0.117. The molecule has 1 amide bonds. The Morgan fingerprint density at radius 1 is 1.00 bits per heavy atom. The van der Waals surface area contributed by atoms with E-state index in [-0.39, 0.29) is 5.57 Å². The molecule has 7 nitrogen and oxygen atoms in total. The van der Waals surface area contributed by atoms with E-state index in [9.17, 15) is 10.1 Å². The van der Waals surface area contributed by atoms with Crippen LogP contribution in [0.3, 0.4) is 0 Å². The smallest absolute Gasteiger partial charge is 0.261 e. The van der Waals surface area contributed by atoms with Gasteiger partial charge < -0.3 is 24.3 Å². The van der Waals surface area contributed by atoms with Gasteiger partial charge in [-0.15, -0.1) is 0 Å². The van der Waals surface area contributed by atoms with Crippen LogP contribution in [0.15, 0.2) is 42.0 Å². The van der Waals surface area contributed by atoms with Crippen LogP contribution in [0.2, 0.25) is 0 Å². The zero-order chi connectivity index (χ0) is 23.3. The molecule has 2 aromatic carbocycles. The summed E-state index contributed by atoms with van der Waals surface area (Å²) >= 11 is 0. The van der Waals surface area contributed by atoms with Crippen LogP contribution in [0.1, 0.15) is 30.9 Å². The van der Waals surface area contributed by atoms with E-state index in [4.69, 9.17) is 18.9 Å². The highest BCUT2D eigenvalue weighted by molar-refractivity contribution is 6.01. The molecule has 32 heavy (non-hydrogen) atoms. The van der Waals surface area contributed by atoms with Crippen molar-refractivity contribution in [2.24, 2.45) is 0 Å². The molecule has 0 heterocycles. The molecule has 0 spiro atoms. The van der Waals surface area contributed by atoms with Gasteiger partial charge in [-0.3, -0.25) is 4.79 Å². The van der Waals surface area contributed by atoms with Crippen molar-refractivity contribution >= 4 is 12.0 Å². The van der Waals surface area contributed by atoms with E-state index in [0.29, 0.717) is 48.1 Å². The summed E-state index contributed by atoms with van der Waals surface area (Å²) in [5.41, 5.74) is 1.67. The molecule has 0 atom stereocenters. The topological polar surface area (TPSA) is 89.8 Å². The maximum absolute atomic E-state index is 12.5. The number of hydrogen-bond donors (Lipinski definition) is 1. The summed E-state index contributed by atoms with van der Waals surface area (Å²) in [6.45, 7) is 3.08. The van der Waals surface area contributed by atoms with Crippen LogP contribution in [0.4, 0.5) is 0 Å². The van der Waals surface area contributed by atoms with Crippen molar-refractivity contribution in [1.29, 1.82) is 5.26 Å². The van der Waals surface area contributed by atoms with Gasteiger partial charge in [-0.1, -0.05) is 25.5 Å². The monoisotopic (exact) mass is 438 g/mol. The van der Waals surface area contributed by atoms with E-state index < -0.39 is 5.91 Å². The Morgan fingerprint density at radius 3 is 2.34 bits per heavy atom. The fourth-order valence-corrected chi connectivity index (χ4v) is 2.99. The average molecular weight is 439 g/mol. The standard InChI is InChI=1S/C25H30N2O5/c1-5-6-13-32-22-10-8-19(16-24(22)31-4)14-20(17-26)25(28)27-12-11-18-7-9-21(29-2)23(15-18)30-3/h7-10,14-16H,5-6,11-13H2,1-4H3,(H,27,28)/b20-14+. The van der Waals surface area contributed by atoms with Gasteiger partial charge in [0.1, 0.15) is 11.6 Å². The zero-order valence-electron chi connectivity index (χ0n) is 19.1. The number of hydrogen-bond acceptors (Lipinski definition) is 6. The van der Waals surface area contributed by atoms with Gasteiger partial charge in [-0.2, -0.15) is 5.26 Å². The fourth-order valence-electron chi connectivity index (χ4n) is 2.99. The quantitative estimate of drug-likeness (QED) is 0.304. The molecule has 1 N–H and O–H groups in total. The highest BCUT2D eigenvalue weighted by Crippen LogP contribution is 2.29. The van der Waals surface area contributed by atoms with E-state index >= 15 is 0 Å². The first kappa shape index (κ1) is 24.6. The summed E-state index contributed by atoms with van der Waals surface area (Å²) in [5, 5.41) is 12.2. The van der Waals surface area contributed by atoms with E-state index in [0.717, 1.165) is 18.4 Å². The van der Waals surface area contributed by atoms with Crippen molar-refractivity contribution in [3.05, 3.63) is 53.1 Å². The number of nitriles is 1. The minimum Gasteiger partial charge on any atom is -0.493 e. The summed E-state index contributed by atoms with van der Waals surface area (Å²) in [6, 6.07) is 12.9. The number of methoxy groups -OCH3 is 3. The molecule has 0 radical (unpaired) electrons. The predicted molar refractivity (Wildman–Crippen MR) is 123 cm³/mol. The van der Waals surface area contributed by atoms with Gasteiger partial charge in [0.25, 0.3) is 5.91 Å². The summed E-state index contributed by atoms with van der Waals surface area (Å²) in [6.07, 6.45) is 4.11. The van der Waals surface area contributed by atoms with Crippen LogP contribution >= 0.6 is 0 Å². The average Bonchev–Trinajstić information content (AvgIpc) is 2.82. The lowest BCUT2D eigenvalue weighted by atomic mass is 10.1. The third-order valence-electron chi connectivity index (χ3n) is 4.77. The number of nitrogens with zero attached hydrogens (tertiary/aromatic N) is 1. The number of unbranched alkanes of at least 4 members (excludes halogenated alkanes) is 1. The van der Waals surface area contributed by atoms with E-state index in [1.54, 1.807) is 39.5 Å². The van der Waals surface area contributed by atoms with Crippen molar-refractivity contribution in [2.75, 3.05) is 34.5 Å². The Balaban J connectivity index is 2.02. The Labute approximate surface area is 189 Å². The minimum atomic E-state index is -0.435. The summed E-state index contributed by atoms with van der Waals surface area (Å²) in [4.78, 5) is 12.5. The van der Waals surface area contributed by atoms with Crippen LogP contribution in [0, 0.1) is 11.3 Å². The lowest BCUT2D eigenvalue weighted by Gasteiger charge is -2.11. The van der Waals surface area contributed by atoms with Crippen molar-refractivity contribution in [2.45, 2.75) is 26.2 Å². The normalized spacial score (nSPS) is 10.8. The van der Waals surface area contributed by atoms with Crippen LogP contribution in [-0.4, -0.2) is 40.4 Å². The largest absolute Gasteiger partial charge is 0.493 e. The molecule has 170 valence electrons. The Morgan fingerprint density at radius 2 is 1.69 bits per heavy atom. The molecule has 0 fully saturated rings. The van der Waals surface area contributed by atoms with E-state index in [1.165, 1.54) is 6.08 Å². The molecular weight excluding hydrogens is 408 g/mol. The van der Waals surface area contributed by atoms with E-state index in [1.807, 2.05) is 24.3 Å². The first-order chi connectivity index (χ1) is 15.6. The SMILES string of the molecule is CCCCOc1ccc(/C=C(\C#N)C(=O)NCCc2ccc(OC)c(OC)c2)cc1OC. The number of carbonyl (C=O) groups excluding carboxylic acids is 1. The lowest BCUT2D eigenvalue weighted by Crippen LogP contribution is -2.26. The zero-order valence-corrected chi connectivity index (χ0v) is 19.1. The maximum Gasteiger partial charge on any atom is 0.261 e. The fraction of sp³-hybridized carbons (Fsp3) is 0.360. The summed E-state index contributed by atoms with van der Waals surface area (Å²) in [7, 11) is 4.71. The molecule has 0 saturated heterocycles. The second-order valence-corrected chi connectivity index (χ2v) is 6.98. The van der Waals surface area contributed by atoms with Gasteiger partial charge in [0.2, 0.25) is 0 Å². The molecule has 0 aliphatic carbocycles. The molecule has 7 heteroatoms. The van der Waals surface area contributed by atoms with Crippen LogP contribution in [0.5, 0.6) is 23.0 Å². The van der Waals surface area contributed by atoms with Gasteiger partial charge in [-0.05, 0) is 54.3 Å². The molecule has 0 aliphatic rings. The van der Waals surface area contributed by atoms with Crippen molar-refractivity contribution in [3.8, 4) is 29.1 Å². The first-order valence-corrected chi connectivity index (χ1v) is 10.5. The first-order valence-electron chi connectivity index (χ1n) is 10.5. The van der Waals surface area contributed by atoms with Gasteiger partial charge in [0.05, 0.1) is 27.9 Å². The molecule has 2 rings (SSSR count). The highest BCUT2D eigenvalue weighted by atomic mass is 16.5. The van der Waals surface area contributed by atoms with Crippen LogP contribution < -0.4 is 24.3 Å². The Bertz CT molecular complexity index is 979. The predicted octanol–water partition coefficient (Wildman–Crippen LogP) is 4.16. The number of benzene rings is 2. The summed E-state index contributed by atoms with van der Waals surface area (Å²) in [5.74, 6) is 2.03. The van der Waals surface area contributed by atoms with Crippen molar-refractivity contribution in [3.63, 3.8) is 0 Å². The second kappa shape index (κ2) is 12.9. The highest BCUT2D eigenvalue weighted by Gasteiger charge is 2.11. The van der Waals surface area contributed by atoms with Crippen molar-refractivity contribution < 1.29 is 23.7 Å². The molecule has 0 saturated carbocycles. The number of ether oxygens (including phenoxy) is 4. The van der Waals surface area contributed by atoms with Crippen LogP contribution in [0.25, 0.3) is 6.08 Å². The second-order valence-electron chi connectivity index (χ2n) is 6.98. The molecular formula is C25H30N2O5. The van der Waals surface area contributed by atoms with Crippen LogP contribution in [-0.2, 0) is 11.2 Å². The summed E-state index contributed by atoms with van der Waals surface area (Å²) < 4.78 is 21.6. The van der Waals surface area contributed by atoms with Gasteiger partial charge >= 0.3 is 0 Å². The Hall–Kier alpha value is -3.66. The molecule has 0 aliphatic heterocycles. The number of rotatable bonds is 12. The molecule has 0 bridgehead atoms. The number of amides is 1. The van der Waals surface area contributed by atoms with Gasteiger partial charge in [0, 0.05) is 6.54 Å². The third kappa shape index (κ3) is 6.95. The van der Waals surface area contributed by atoms with Gasteiger partial charge in [0.15, 0.2) is 23.0 Å². The van der Waals surface area contributed by atoms with Crippen molar-refractivity contribution in [1.82, 2.24) is 5.32 Å². The Kier molecular flexibility index (Phi) is 9.92. The third-order valence-corrected chi connectivity index (χ3v) is 4.77. The molecule has 2 aromatic rings. The van der Waals surface area contributed by atoms with E-state index in [2.05, 4.69) is 12.2 Å². The maximum atomic E-state index is 12.5. The number of carbonyl (C=O) groups is 1. The minimum absolute atomic E-state index is 0.0130. The number of nitrogens with one attached hydrogen (secondary N) is 1. The molecule has 0 unspecified atom stereocenters.